The molecule has 1 aliphatic rings. The molecule has 0 aromatic carbocycles. The molecule has 0 saturated heterocycles. The molecular weight excluding hydrogens is 176 g/mol. The van der Waals surface area contributed by atoms with Crippen molar-refractivity contribution in [3.8, 4) is 0 Å². The molecule has 0 atom stereocenters. The SMILES string of the molecule is CC1(C(=O)O)C=CC(C(C)(C)C)C=C1. The Morgan fingerprint density at radius 1 is 1.29 bits per heavy atom. The summed E-state index contributed by atoms with van der Waals surface area (Å²) in [7, 11) is 0. The van der Waals surface area contributed by atoms with E-state index in [1.807, 2.05) is 12.2 Å². The number of carboxylic acid groups (broad SMARTS) is 1. The predicted octanol–water partition coefficient (Wildman–Crippen LogP) is 2.87. The monoisotopic (exact) mass is 194 g/mol. The highest BCUT2D eigenvalue weighted by atomic mass is 16.4. The summed E-state index contributed by atoms with van der Waals surface area (Å²) in [5, 5.41) is 8.98. The average Bonchev–Trinajstić information content (AvgIpc) is 2.03. The third-order valence-electron chi connectivity index (χ3n) is 2.76. The Morgan fingerprint density at radius 2 is 1.71 bits per heavy atom. The summed E-state index contributed by atoms with van der Waals surface area (Å²) in [5.74, 6) is -0.465. The van der Waals surface area contributed by atoms with Gasteiger partial charge in [-0.3, -0.25) is 4.79 Å². The molecule has 0 aliphatic heterocycles. The van der Waals surface area contributed by atoms with E-state index in [-0.39, 0.29) is 5.41 Å². The van der Waals surface area contributed by atoms with Crippen LogP contribution in [0.5, 0.6) is 0 Å². The summed E-state index contributed by atoms with van der Waals surface area (Å²) in [4.78, 5) is 10.9. The second-order valence-corrected chi connectivity index (χ2v) is 5.20. The number of carbonyl (C=O) groups is 1. The predicted molar refractivity (Wildman–Crippen MR) is 57.0 cm³/mol. The van der Waals surface area contributed by atoms with Crippen LogP contribution in [0.1, 0.15) is 27.7 Å². The maximum Gasteiger partial charge on any atom is 0.317 e. The van der Waals surface area contributed by atoms with Crippen molar-refractivity contribution in [2.75, 3.05) is 0 Å². The zero-order valence-electron chi connectivity index (χ0n) is 9.24. The van der Waals surface area contributed by atoms with Crippen LogP contribution < -0.4 is 0 Å². The molecule has 1 N–H and O–H groups in total. The first-order chi connectivity index (χ1) is 6.26. The van der Waals surface area contributed by atoms with Gasteiger partial charge >= 0.3 is 5.97 Å². The highest BCUT2D eigenvalue weighted by Crippen LogP contribution is 2.35. The quantitative estimate of drug-likeness (QED) is 0.652. The molecule has 0 radical (unpaired) electrons. The van der Waals surface area contributed by atoms with Crippen LogP contribution in [0, 0.1) is 16.7 Å². The van der Waals surface area contributed by atoms with Crippen molar-refractivity contribution in [2.24, 2.45) is 16.7 Å². The number of hydrogen-bond acceptors (Lipinski definition) is 1. The Balaban J connectivity index is 2.85. The lowest BCUT2D eigenvalue weighted by molar-refractivity contribution is -0.142. The first-order valence-electron chi connectivity index (χ1n) is 4.88. The molecule has 0 aromatic heterocycles. The highest BCUT2D eigenvalue weighted by molar-refractivity contribution is 5.79. The Kier molecular flexibility index (Phi) is 2.57. The van der Waals surface area contributed by atoms with Crippen LogP contribution in [0.4, 0.5) is 0 Å². The first kappa shape index (κ1) is 11.0. The maximum absolute atomic E-state index is 10.9. The lowest BCUT2D eigenvalue weighted by atomic mass is 9.74. The van der Waals surface area contributed by atoms with Gasteiger partial charge in [-0.25, -0.2) is 0 Å². The Labute approximate surface area is 85.3 Å². The van der Waals surface area contributed by atoms with Crippen molar-refractivity contribution < 1.29 is 9.90 Å². The molecule has 2 heteroatoms. The Hall–Kier alpha value is -1.05. The van der Waals surface area contributed by atoms with Crippen LogP contribution in [0.2, 0.25) is 0 Å². The van der Waals surface area contributed by atoms with Crippen LogP contribution >= 0.6 is 0 Å². The van der Waals surface area contributed by atoms with Gasteiger partial charge in [0.15, 0.2) is 0 Å². The fourth-order valence-corrected chi connectivity index (χ4v) is 1.45. The Morgan fingerprint density at radius 3 is 2.00 bits per heavy atom. The van der Waals surface area contributed by atoms with E-state index in [0.29, 0.717) is 5.92 Å². The van der Waals surface area contributed by atoms with E-state index in [0.717, 1.165) is 0 Å². The summed E-state index contributed by atoms with van der Waals surface area (Å²) in [6.07, 6.45) is 7.55. The van der Waals surface area contributed by atoms with Gasteiger partial charge in [0.2, 0.25) is 0 Å². The van der Waals surface area contributed by atoms with Crippen LogP contribution in [0.25, 0.3) is 0 Å². The van der Waals surface area contributed by atoms with E-state index in [1.165, 1.54) is 0 Å². The number of allylic oxidation sites excluding steroid dienone is 2. The summed E-state index contributed by atoms with van der Waals surface area (Å²) >= 11 is 0. The van der Waals surface area contributed by atoms with E-state index in [4.69, 9.17) is 5.11 Å². The van der Waals surface area contributed by atoms with E-state index in [2.05, 4.69) is 20.8 Å². The average molecular weight is 194 g/mol. The zero-order valence-corrected chi connectivity index (χ0v) is 9.24. The molecule has 0 amide bonds. The minimum Gasteiger partial charge on any atom is -0.480 e. The smallest absolute Gasteiger partial charge is 0.317 e. The second kappa shape index (κ2) is 3.26. The fraction of sp³-hybridized carbons (Fsp3) is 0.583. The lowest BCUT2D eigenvalue weighted by Gasteiger charge is -2.30. The number of aliphatic carboxylic acids is 1. The molecule has 0 fully saturated rings. The number of hydrogen-bond donors (Lipinski definition) is 1. The van der Waals surface area contributed by atoms with Gasteiger partial charge in [0, 0.05) is 0 Å². The van der Waals surface area contributed by atoms with Gasteiger partial charge in [-0.1, -0.05) is 45.1 Å². The van der Waals surface area contributed by atoms with Gasteiger partial charge in [0.05, 0.1) is 0 Å². The third-order valence-corrected chi connectivity index (χ3v) is 2.76. The lowest BCUT2D eigenvalue weighted by Crippen LogP contribution is -2.27. The summed E-state index contributed by atoms with van der Waals surface area (Å²) < 4.78 is 0. The van der Waals surface area contributed by atoms with Crippen LogP contribution in [0.15, 0.2) is 24.3 Å². The van der Waals surface area contributed by atoms with Crippen molar-refractivity contribution in [3.63, 3.8) is 0 Å². The van der Waals surface area contributed by atoms with Crippen LogP contribution in [-0.2, 0) is 4.79 Å². The van der Waals surface area contributed by atoms with E-state index in [9.17, 15) is 4.79 Å². The second-order valence-electron chi connectivity index (χ2n) is 5.20. The van der Waals surface area contributed by atoms with Crippen molar-refractivity contribution >= 4 is 5.97 Å². The normalized spacial score (nSPS) is 31.9. The molecule has 0 saturated carbocycles. The van der Waals surface area contributed by atoms with Crippen molar-refractivity contribution in [2.45, 2.75) is 27.7 Å². The topological polar surface area (TPSA) is 37.3 Å². The van der Waals surface area contributed by atoms with Gasteiger partial charge < -0.3 is 5.11 Å². The molecule has 0 unspecified atom stereocenters. The van der Waals surface area contributed by atoms with E-state index >= 15 is 0 Å². The largest absolute Gasteiger partial charge is 0.480 e. The standard InChI is InChI=1S/C12H18O2/c1-11(2,3)9-5-7-12(4,8-6-9)10(13)14/h5-9H,1-4H3,(H,13,14). The van der Waals surface area contributed by atoms with Crippen molar-refractivity contribution in [1.29, 1.82) is 0 Å². The van der Waals surface area contributed by atoms with Gasteiger partial charge in [-0.05, 0) is 18.3 Å². The minimum absolute atomic E-state index is 0.160. The molecule has 2 nitrogen and oxygen atoms in total. The van der Waals surface area contributed by atoms with Gasteiger partial charge in [0.1, 0.15) is 5.41 Å². The van der Waals surface area contributed by atoms with E-state index < -0.39 is 11.4 Å². The molecular formula is C12H18O2. The molecule has 0 aromatic rings. The molecule has 0 spiro atoms. The zero-order chi connectivity index (χ0) is 11.0. The highest BCUT2D eigenvalue weighted by Gasteiger charge is 2.32. The summed E-state index contributed by atoms with van der Waals surface area (Å²) in [5.41, 5.74) is -0.658. The van der Waals surface area contributed by atoms with Gasteiger partial charge in [-0.2, -0.15) is 0 Å². The van der Waals surface area contributed by atoms with Crippen molar-refractivity contribution in [1.82, 2.24) is 0 Å². The minimum atomic E-state index is -0.818. The summed E-state index contributed by atoms with van der Waals surface area (Å²) in [6, 6.07) is 0. The molecule has 0 bridgehead atoms. The Bertz CT molecular complexity index is 278. The molecule has 14 heavy (non-hydrogen) atoms. The van der Waals surface area contributed by atoms with Gasteiger partial charge in [-0.15, -0.1) is 0 Å². The number of rotatable bonds is 1. The summed E-state index contributed by atoms with van der Waals surface area (Å²) in [6.45, 7) is 8.16. The van der Waals surface area contributed by atoms with Gasteiger partial charge in [0.25, 0.3) is 0 Å². The fourth-order valence-electron chi connectivity index (χ4n) is 1.45. The molecule has 78 valence electrons. The first-order valence-corrected chi connectivity index (χ1v) is 4.88. The number of carboxylic acids is 1. The molecule has 1 aliphatic carbocycles. The maximum atomic E-state index is 10.9. The molecule has 0 heterocycles. The molecule has 1 rings (SSSR count). The van der Waals surface area contributed by atoms with E-state index in [1.54, 1.807) is 19.1 Å². The van der Waals surface area contributed by atoms with Crippen LogP contribution in [-0.4, -0.2) is 11.1 Å². The van der Waals surface area contributed by atoms with Crippen LogP contribution in [0.3, 0.4) is 0 Å². The van der Waals surface area contributed by atoms with Crippen molar-refractivity contribution in [3.05, 3.63) is 24.3 Å². The third kappa shape index (κ3) is 2.06.